The van der Waals surface area contributed by atoms with Crippen LogP contribution in [-0.4, -0.2) is 10.8 Å². The van der Waals surface area contributed by atoms with E-state index >= 15 is 0 Å². The number of hydrazone groups is 1. The van der Waals surface area contributed by atoms with E-state index in [1.807, 2.05) is 0 Å². The Morgan fingerprint density at radius 1 is 1.24 bits per heavy atom. The van der Waals surface area contributed by atoms with Crippen molar-refractivity contribution in [3.05, 3.63) is 35.6 Å². The maximum atomic E-state index is 12.8. The quantitative estimate of drug-likeness (QED) is 0.662. The molecule has 1 saturated carbocycles. The molecule has 5 heteroatoms. The fraction of sp³-hybridized carbons (Fsp3) is 0.500. The predicted octanol–water partition coefficient (Wildman–Crippen LogP) is 3.60. The minimum atomic E-state index is -0.230. The lowest BCUT2D eigenvalue weighted by Gasteiger charge is -2.26. The van der Waals surface area contributed by atoms with E-state index in [-0.39, 0.29) is 5.82 Å². The van der Waals surface area contributed by atoms with E-state index in [0.717, 1.165) is 5.56 Å². The largest absolute Gasteiger partial charge is 0.357 e. The van der Waals surface area contributed by atoms with Crippen molar-refractivity contribution < 1.29 is 4.39 Å². The van der Waals surface area contributed by atoms with Gasteiger partial charge in [-0.15, -0.1) is 0 Å². The summed E-state index contributed by atoms with van der Waals surface area (Å²) in [7, 11) is 0. The zero-order valence-corrected chi connectivity index (χ0v) is 13.3. The second-order valence-corrected chi connectivity index (χ2v) is 6.10. The smallest absolute Gasteiger partial charge is 0.187 e. The van der Waals surface area contributed by atoms with Gasteiger partial charge < -0.3 is 5.32 Å². The van der Waals surface area contributed by atoms with Crippen molar-refractivity contribution in [2.45, 2.75) is 39.7 Å². The van der Waals surface area contributed by atoms with Gasteiger partial charge in [0.2, 0.25) is 0 Å². The molecule has 1 aliphatic carbocycles. The van der Waals surface area contributed by atoms with Gasteiger partial charge in [0.25, 0.3) is 0 Å². The van der Waals surface area contributed by atoms with Gasteiger partial charge in [-0.3, -0.25) is 5.43 Å². The number of nitrogens with one attached hydrogen (secondary N) is 2. The first-order valence-corrected chi connectivity index (χ1v) is 7.83. The molecular weight excluding hydrogens is 285 g/mol. The molecule has 0 unspecified atom stereocenters. The van der Waals surface area contributed by atoms with Crippen LogP contribution in [0.5, 0.6) is 0 Å². The Kier molecular flexibility index (Phi) is 5.67. The maximum absolute atomic E-state index is 12.8. The first kappa shape index (κ1) is 15.9. The van der Waals surface area contributed by atoms with Gasteiger partial charge in [0.15, 0.2) is 5.11 Å². The van der Waals surface area contributed by atoms with Gasteiger partial charge in [-0.1, -0.05) is 32.4 Å². The van der Waals surface area contributed by atoms with Gasteiger partial charge in [-0.25, -0.2) is 4.39 Å². The number of thiocarbonyl (C=S) groups is 1. The van der Waals surface area contributed by atoms with Crippen molar-refractivity contribution in [1.82, 2.24) is 10.7 Å². The molecule has 21 heavy (non-hydrogen) atoms. The second-order valence-electron chi connectivity index (χ2n) is 5.69. The van der Waals surface area contributed by atoms with E-state index in [0.29, 0.717) is 23.5 Å². The second kappa shape index (κ2) is 7.50. The lowest BCUT2D eigenvalue weighted by Crippen LogP contribution is -2.34. The third-order valence-electron chi connectivity index (χ3n) is 3.94. The molecule has 3 nitrogen and oxygen atoms in total. The molecule has 1 aliphatic rings. The number of hydrogen-bond acceptors (Lipinski definition) is 2. The van der Waals surface area contributed by atoms with Gasteiger partial charge in [0.1, 0.15) is 5.82 Å². The molecule has 0 radical (unpaired) electrons. The van der Waals surface area contributed by atoms with Gasteiger partial charge in [0, 0.05) is 12.3 Å². The van der Waals surface area contributed by atoms with Crippen molar-refractivity contribution in [2.75, 3.05) is 0 Å². The van der Waals surface area contributed by atoms with Crippen LogP contribution >= 0.6 is 12.2 Å². The molecule has 0 heterocycles. The molecule has 0 amide bonds. The Morgan fingerprint density at radius 2 is 1.86 bits per heavy atom. The van der Waals surface area contributed by atoms with Crippen LogP contribution < -0.4 is 10.7 Å². The fourth-order valence-electron chi connectivity index (χ4n) is 2.67. The zero-order valence-electron chi connectivity index (χ0n) is 12.5. The molecule has 1 fully saturated rings. The number of benzene rings is 1. The summed E-state index contributed by atoms with van der Waals surface area (Å²) in [6.07, 6.45) is 3.66. The SMILES string of the molecule is C[C@H]1CCC[C@H](C)C1=NNC(=S)NCc1ccc(F)cc1. The summed E-state index contributed by atoms with van der Waals surface area (Å²) >= 11 is 5.22. The molecule has 0 saturated heterocycles. The third kappa shape index (κ3) is 4.77. The molecule has 2 N–H and O–H groups in total. The fourth-order valence-corrected chi connectivity index (χ4v) is 2.79. The van der Waals surface area contributed by atoms with Crippen LogP contribution in [-0.2, 0) is 6.54 Å². The molecule has 114 valence electrons. The van der Waals surface area contributed by atoms with Crippen LogP contribution in [0.2, 0.25) is 0 Å². The molecule has 2 atom stereocenters. The summed E-state index contributed by atoms with van der Waals surface area (Å²) in [5.74, 6) is 0.799. The maximum Gasteiger partial charge on any atom is 0.187 e. The normalized spacial score (nSPS) is 21.8. The Balaban J connectivity index is 1.82. The van der Waals surface area contributed by atoms with E-state index in [2.05, 4.69) is 29.7 Å². The topological polar surface area (TPSA) is 36.4 Å². The van der Waals surface area contributed by atoms with E-state index in [1.165, 1.54) is 37.1 Å². The van der Waals surface area contributed by atoms with Crippen LogP contribution in [0.1, 0.15) is 38.7 Å². The summed E-state index contributed by atoms with van der Waals surface area (Å²) in [4.78, 5) is 0. The van der Waals surface area contributed by atoms with Gasteiger partial charge >= 0.3 is 0 Å². The van der Waals surface area contributed by atoms with Gasteiger partial charge in [-0.05, 0) is 54.6 Å². The highest BCUT2D eigenvalue weighted by Crippen LogP contribution is 2.25. The molecule has 1 aromatic rings. The predicted molar refractivity (Wildman–Crippen MR) is 88.6 cm³/mol. The van der Waals surface area contributed by atoms with Crippen LogP contribution in [0.25, 0.3) is 0 Å². The average Bonchev–Trinajstić information content (AvgIpc) is 2.46. The Labute approximate surface area is 131 Å². The highest BCUT2D eigenvalue weighted by molar-refractivity contribution is 7.80. The Morgan fingerprint density at radius 3 is 2.48 bits per heavy atom. The van der Waals surface area contributed by atoms with Crippen molar-refractivity contribution in [1.29, 1.82) is 0 Å². The number of halogens is 1. The number of hydrogen-bond donors (Lipinski definition) is 2. The monoisotopic (exact) mass is 307 g/mol. The molecule has 0 bridgehead atoms. The van der Waals surface area contributed by atoms with Crippen LogP contribution in [0.15, 0.2) is 29.4 Å². The summed E-state index contributed by atoms with van der Waals surface area (Å²) < 4.78 is 12.8. The van der Waals surface area contributed by atoms with E-state index < -0.39 is 0 Å². The minimum absolute atomic E-state index is 0.230. The van der Waals surface area contributed by atoms with Crippen LogP contribution in [0, 0.1) is 17.7 Å². The first-order chi connectivity index (χ1) is 10.1. The lowest BCUT2D eigenvalue weighted by molar-refractivity contribution is 0.484. The third-order valence-corrected chi connectivity index (χ3v) is 4.17. The van der Waals surface area contributed by atoms with Gasteiger partial charge in [-0.2, -0.15) is 5.10 Å². The van der Waals surface area contributed by atoms with Crippen molar-refractivity contribution in [3.8, 4) is 0 Å². The van der Waals surface area contributed by atoms with Crippen molar-refractivity contribution in [2.24, 2.45) is 16.9 Å². The van der Waals surface area contributed by atoms with Gasteiger partial charge in [0.05, 0.1) is 0 Å². The van der Waals surface area contributed by atoms with E-state index in [4.69, 9.17) is 12.2 Å². The molecule has 2 rings (SSSR count). The average molecular weight is 307 g/mol. The summed E-state index contributed by atoms with van der Waals surface area (Å²) in [6.45, 7) is 4.98. The van der Waals surface area contributed by atoms with E-state index in [9.17, 15) is 4.39 Å². The molecular formula is C16H22FN3S. The summed E-state index contributed by atoms with van der Waals surface area (Å²) in [5, 5.41) is 8.05. The molecule has 1 aromatic carbocycles. The Hall–Kier alpha value is -1.49. The molecule has 0 aromatic heterocycles. The minimum Gasteiger partial charge on any atom is -0.357 e. The highest BCUT2D eigenvalue weighted by atomic mass is 32.1. The van der Waals surface area contributed by atoms with Crippen LogP contribution in [0.3, 0.4) is 0 Å². The van der Waals surface area contributed by atoms with Crippen LogP contribution in [0.4, 0.5) is 4.39 Å². The summed E-state index contributed by atoms with van der Waals surface area (Å²) in [5.41, 5.74) is 5.11. The standard InChI is InChI=1S/C16H22FN3S/c1-11-4-3-5-12(2)15(11)19-20-16(21)18-10-13-6-8-14(17)9-7-13/h6-9,11-12H,3-5,10H2,1-2H3,(H2,18,20,21)/t11-,12-/m0/s1. The molecule has 0 aliphatic heterocycles. The number of nitrogens with zero attached hydrogens (tertiary/aromatic N) is 1. The van der Waals surface area contributed by atoms with Crippen molar-refractivity contribution >= 4 is 23.0 Å². The summed E-state index contributed by atoms with van der Waals surface area (Å²) in [6, 6.07) is 6.36. The highest BCUT2D eigenvalue weighted by Gasteiger charge is 2.22. The zero-order chi connectivity index (χ0) is 15.2. The lowest BCUT2D eigenvalue weighted by atomic mass is 9.81. The van der Waals surface area contributed by atoms with E-state index in [1.54, 1.807) is 12.1 Å². The first-order valence-electron chi connectivity index (χ1n) is 7.42. The Bertz CT molecular complexity index is 501. The molecule has 0 spiro atoms. The number of rotatable bonds is 3. The van der Waals surface area contributed by atoms with Crippen molar-refractivity contribution in [3.63, 3.8) is 0 Å².